The molecule has 2 unspecified atom stereocenters. The van der Waals surface area contributed by atoms with Gasteiger partial charge in [0, 0.05) is 5.92 Å². The van der Waals surface area contributed by atoms with Gasteiger partial charge in [-0.3, -0.25) is 14.4 Å². The van der Waals surface area contributed by atoms with Crippen LogP contribution >= 0.6 is 0 Å². The highest BCUT2D eigenvalue weighted by Crippen LogP contribution is 2.35. The fourth-order valence-corrected chi connectivity index (χ4v) is 3.26. The van der Waals surface area contributed by atoms with Crippen molar-refractivity contribution in [2.45, 2.75) is 59.1 Å². The first-order chi connectivity index (χ1) is 16.9. The van der Waals surface area contributed by atoms with Gasteiger partial charge in [0.15, 0.2) is 11.5 Å². The van der Waals surface area contributed by atoms with Gasteiger partial charge in [0.2, 0.25) is 0 Å². The molecule has 194 valence electrons. The van der Waals surface area contributed by atoms with Gasteiger partial charge in [-0.2, -0.15) is 0 Å². The number of carbonyl (C=O) groups excluding carboxylic acids is 3. The summed E-state index contributed by atoms with van der Waals surface area (Å²) < 4.78 is 16.3. The normalized spacial score (nSPS) is 13.6. The molecule has 0 heterocycles. The summed E-state index contributed by atoms with van der Waals surface area (Å²) in [7, 11) is 0. The number of esters is 3. The van der Waals surface area contributed by atoms with Crippen molar-refractivity contribution >= 4 is 23.9 Å². The molecule has 0 spiro atoms. The van der Waals surface area contributed by atoms with Crippen molar-refractivity contribution in [1.29, 1.82) is 0 Å². The van der Waals surface area contributed by atoms with E-state index in [2.05, 4.69) is 0 Å². The molecule has 0 aromatic heterocycles. The van der Waals surface area contributed by atoms with Crippen LogP contribution in [0.4, 0.5) is 0 Å². The Labute approximate surface area is 210 Å². The maximum atomic E-state index is 12.4. The van der Waals surface area contributed by atoms with Gasteiger partial charge in [-0.15, -0.1) is 0 Å². The Morgan fingerprint density at radius 3 is 1.92 bits per heavy atom. The highest BCUT2D eigenvalue weighted by Gasteiger charge is 2.30. The van der Waals surface area contributed by atoms with Gasteiger partial charge in [0.1, 0.15) is 12.1 Å². The molecule has 2 aromatic rings. The van der Waals surface area contributed by atoms with Crippen LogP contribution in [0.15, 0.2) is 48.5 Å². The van der Waals surface area contributed by atoms with E-state index in [0.717, 1.165) is 0 Å². The topological polar surface area (TPSA) is 142 Å². The Bertz CT molecular complexity index is 1080. The number of rotatable bonds is 11. The smallest absolute Gasteiger partial charge is 0.338 e. The summed E-state index contributed by atoms with van der Waals surface area (Å²) in [5, 5.41) is 9.62. The number of carboxylic acids is 1. The standard InChI is InChI=1S/C27H33NO8/c1-15(2)25(31)35-21-12-11-19(14-22(21)36-26(32)16(3)4)20(23(28)24(29)30)13-17(5)34-27(33)18-9-7-6-8-10-18/h6-12,14-17,20,23H,13,28H2,1-5H3,(H,29,30)/t17?,20?,23-/m0/s1. The van der Waals surface area contributed by atoms with E-state index in [9.17, 15) is 24.3 Å². The first-order valence-electron chi connectivity index (χ1n) is 11.7. The molecule has 9 nitrogen and oxygen atoms in total. The number of carboxylic acid groups (broad SMARTS) is 1. The Kier molecular flexibility index (Phi) is 10.2. The number of ether oxygens (including phenoxy) is 3. The SMILES string of the molecule is CC(CC(c1ccc(OC(=O)C(C)C)c(OC(=O)C(C)C)c1)[C@H](N)C(=O)O)OC(=O)c1ccccc1. The van der Waals surface area contributed by atoms with E-state index < -0.39 is 53.8 Å². The molecule has 0 aliphatic heterocycles. The van der Waals surface area contributed by atoms with Crippen LogP contribution in [0.25, 0.3) is 0 Å². The number of aliphatic carboxylic acids is 1. The summed E-state index contributed by atoms with van der Waals surface area (Å²) in [5.41, 5.74) is 6.79. The number of carbonyl (C=O) groups is 4. The average Bonchev–Trinajstić information content (AvgIpc) is 2.83. The molecule has 9 heteroatoms. The molecule has 0 aliphatic carbocycles. The van der Waals surface area contributed by atoms with E-state index in [0.29, 0.717) is 11.1 Å². The summed E-state index contributed by atoms with van der Waals surface area (Å²) in [6, 6.07) is 11.5. The maximum Gasteiger partial charge on any atom is 0.338 e. The third kappa shape index (κ3) is 7.91. The van der Waals surface area contributed by atoms with E-state index >= 15 is 0 Å². The van der Waals surface area contributed by atoms with E-state index in [-0.39, 0.29) is 17.9 Å². The molecular weight excluding hydrogens is 466 g/mol. The van der Waals surface area contributed by atoms with Crippen LogP contribution in [-0.4, -0.2) is 41.1 Å². The Morgan fingerprint density at radius 2 is 1.39 bits per heavy atom. The minimum atomic E-state index is -1.35. The summed E-state index contributed by atoms with van der Waals surface area (Å²) in [4.78, 5) is 48.7. The van der Waals surface area contributed by atoms with Crippen molar-refractivity contribution < 1.29 is 38.5 Å². The fraction of sp³-hybridized carbons (Fsp3) is 0.407. The Balaban J connectivity index is 2.38. The highest BCUT2D eigenvalue weighted by atomic mass is 16.6. The summed E-state index contributed by atoms with van der Waals surface area (Å²) in [6.07, 6.45) is -0.609. The molecular formula is C27H33NO8. The number of benzene rings is 2. The van der Waals surface area contributed by atoms with Gasteiger partial charge in [0.05, 0.1) is 17.4 Å². The molecule has 2 aromatic carbocycles. The minimum absolute atomic E-state index is 0.0256. The zero-order valence-corrected chi connectivity index (χ0v) is 21.1. The molecule has 0 saturated heterocycles. The summed E-state index contributed by atoms with van der Waals surface area (Å²) in [6.45, 7) is 8.27. The van der Waals surface area contributed by atoms with Gasteiger partial charge in [-0.25, -0.2) is 4.79 Å². The third-order valence-corrected chi connectivity index (χ3v) is 5.38. The van der Waals surface area contributed by atoms with Crippen LogP contribution in [0.1, 0.15) is 62.9 Å². The summed E-state index contributed by atoms with van der Waals surface area (Å²) in [5.74, 6) is -4.58. The predicted octanol–water partition coefficient (Wildman–Crippen LogP) is 3.94. The lowest BCUT2D eigenvalue weighted by Gasteiger charge is -2.25. The molecule has 0 fully saturated rings. The van der Waals surface area contributed by atoms with Gasteiger partial charge in [-0.05, 0) is 43.2 Å². The largest absolute Gasteiger partial charge is 0.480 e. The minimum Gasteiger partial charge on any atom is -0.480 e. The van der Waals surface area contributed by atoms with E-state index in [4.69, 9.17) is 19.9 Å². The van der Waals surface area contributed by atoms with Gasteiger partial charge in [0.25, 0.3) is 0 Å². The molecule has 0 aliphatic rings. The third-order valence-electron chi connectivity index (χ3n) is 5.38. The molecule has 2 rings (SSSR count). The average molecular weight is 500 g/mol. The summed E-state index contributed by atoms with van der Waals surface area (Å²) >= 11 is 0. The lowest BCUT2D eigenvalue weighted by atomic mass is 9.87. The van der Waals surface area contributed by atoms with Gasteiger partial charge < -0.3 is 25.1 Å². The number of hydrogen-bond donors (Lipinski definition) is 2. The van der Waals surface area contributed by atoms with Crippen LogP contribution in [0.2, 0.25) is 0 Å². The van der Waals surface area contributed by atoms with Crippen molar-refractivity contribution in [2.75, 3.05) is 0 Å². The Morgan fingerprint density at radius 1 is 0.833 bits per heavy atom. The zero-order valence-electron chi connectivity index (χ0n) is 21.1. The molecule has 3 N–H and O–H groups in total. The first-order valence-corrected chi connectivity index (χ1v) is 11.7. The molecule has 0 saturated carbocycles. The maximum absolute atomic E-state index is 12.4. The molecule has 0 amide bonds. The first kappa shape index (κ1) is 28.5. The van der Waals surface area contributed by atoms with Crippen molar-refractivity contribution in [3.05, 3.63) is 59.7 Å². The monoisotopic (exact) mass is 499 g/mol. The Hall–Kier alpha value is -3.72. The van der Waals surface area contributed by atoms with Crippen molar-refractivity contribution in [3.63, 3.8) is 0 Å². The van der Waals surface area contributed by atoms with Crippen LogP contribution in [-0.2, 0) is 19.1 Å². The van der Waals surface area contributed by atoms with Gasteiger partial charge in [-0.1, -0.05) is 52.0 Å². The zero-order chi connectivity index (χ0) is 27.0. The second-order valence-electron chi connectivity index (χ2n) is 9.15. The van der Waals surface area contributed by atoms with Crippen LogP contribution in [0.5, 0.6) is 11.5 Å². The highest BCUT2D eigenvalue weighted by molar-refractivity contribution is 5.89. The van der Waals surface area contributed by atoms with Crippen molar-refractivity contribution in [1.82, 2.24) is 0 Å². The van der Waals surface area contributed by atoms with Crippen LogP contribution in [0.3, 0.4) is 0 Å². The van der Waals surface area contributed by atoms with Crippen LogP contribution in [0, 0.1) is 11.8 Å². The second kappa shape index (κ2) is 12.8. The number of nitrogens with two attached hydrogens (primary N) is 1. The van der Waals surface area contributed by atoms with E-state index in [1.54, 1.807) is 71.0 Å². The quantitative estimate of drug-likeness (QED) is 0.347. The second-order valence-corrected chi connectivity index (χ2v) is 9.15. The lowest BCUT2D eigenvalue weighted by molar-refractivity contribution is -0.140. The molecule has 0 bridgehead atoms. The van der Waals surface area contributed by atoms with Gasteiger partial charge >= 0.3 is 23.9 Å². The predicted molar refractivity (Wildman–Crippen MR) is 132 cm³/mol. The van der Waals surface area contributed by atoms with Crippen molar-refractivity contribution in [2.24, 2.45) is 17.6 Å². The molecule has 0 radical (unpaired) electrons. The lowest BCUT2D eigenvalue weighted by Crippen LogP contribution is -2.38. The molecule has 36 heavy (non-hydrogen) atoms. The van der Waals surface area contributed by atoms with E-state index in [1.165, 1.54) is 12.1 Å². The van der Waals surface area contributed by atoms with E-state index in [1.807, 2.05) is 0 Å². The van der Waals surface area contributed by atoms with Crippen LogP contribution < -0.4 is 15.2 Å². The van der Waals surface area contributed by atoms with Crippen molar-refractivity contribution in [3.8, 4) is 11.5 Å². The number of hydrogen-bond acceptors (Lipinski definition) is 8. The fourth-order valence-electron chi connectivity index (χ4n) is 3.26. The molecule has 3 atom stereocenters.